The van der Waals surface area contributed by atoms with Gasteiger partial charge in [0.1, 0.15) is 12.0 Å². The maximum atomic E-state index is 10.5. The molecular formula is C9H12O3. The normalized spacial score (nSPS) is 22.8. The largest absolute Gasteiger partial charge is 0.432 e. The van der Waals surface area contributed by atoms with Crippen molar-refractivity contribution in [2.75, 3.05) is 0 Å². The fourth-order valence-corrected chi connectivity index (χ4v) is 1.23. The molecule has 0 spiro atoms. The van der Waals surface area contributed by atoms with Crippen LogP contribution in [0, 0.1) is 5.92 Å². The predicted molar refractivity (Wildman–Crippen MR) is 43.3 cm³/mol. The second kappa shape index (κ2) is 4.04. The van der Waals surface area contributed by atoms with E-state index >= 15 is 0 Å². The minimum absolute atomic E-state index is 0.115. The second-order valence-electron chi connectivity index (χ2n) is 2.93. The molecule has 1 rings (SSSR count). The summed E-state index contributed by atoms with van der Waals surface area (Å²) in [6.07, 6.45) is 4.97. The van der Waals surface area contributed by atoms with Crippen LogP contribution in [0.4, 0.5) is 0 Å². The van der Waals surface area contributed by atoms with Crippen LogP contribution in [-0.2, 0) is 14.3 Å². The topological polar surface area (TPSA) is 43.4 Å². The van der Waals surface area contributed by atoms with E-state index < -0.39 is 0 Å². The number of allylic oxidation sites excluding steroid dienone is 2. The highest BCUT2D eigenvalue weighted by molar-refractivity contribution is 5.67. The molecule has 0 aromatic carbocycles. The smallest absolute Gasteiger partial charge is 0.307 e. The van der Waals surface area contributed by atoms with Crippen LogP contribution in [0.3, 0.4) is 0 Å². The maximum absolute atomic E-state index is 10.5. The lowest BCUT2D eigenvalue weighted by molar-refractivity contribution is -0.137. The molecule has 0 aliphatic heterocycles. The van der Waals surface area contributed by atoms with Crippen LogP contribution in [0.25, 0.3) is 0 Å². The molecule has 3 heteroatoms. The number of aldehydes is 1. The van der Waals surface area contributed by atoms with Crippen molar-refractivity contribution in [2.24, 2.45) is 5.92 Å². The van der Waals surface area contributed by atoms with Crippen LogP contribution in [-0.4, -0.2) is 12.3 Å². The van der Waals surface area contributed by atoms with Crippen molar-refractivity contribution in [3.05, 3.63) is 11.8 Å². The van der Waals surface area contributed by atoms with E-state index in [1.807, 2.05) is 6.08 Å². The molecule has 1 aliphatic carbocycles. The van der Waals surface area contributed by atoms with Crippen LogP contribution < -0.4 is 0 Å². The van der Waals surface area contributed by atoms with E-state index in [9.17, 15) is 9.59 Å². The molecule has 0 amide bonds. The first-order valence-corrected chi connectivity index (χ1v) is 4.05. The molecule has 0 aromatic rings. The Hall–Kier alpha value is -1.12. The molecule has 0 saturated carbocycles. The van der Waals surface area contributed by atoms with Gasteiger partial charge in [0.25, 0.3) is 0 Å². The standard InChI is InChI=1S/C9H12O3/c1-7(11)12-9-4-2-8(6-10)3-5-9/h4,6,8H,2-3,5H2,1H3/t8-/m1/s1. The minimum Gasteiger partial charge on any atom is -0.432 e. The lowest BCUT2D eigenvalue weighted by Crippen LogP contribution is -2.09. The molecule has 1 aliphatic rings. The summed E-state index contributed by atoms with van der Waals surface area (Å²) in [4.78, 5) is 20.9. The summed E-state index contributed by atoms with van der Waals surface area (Å²) in [5, 5.41) is 0. The van der Waals surface area contributed by atoms with Crippen LogP contribution in [0.15, 0.2) is 11.8 Å². The Labute approximate surface area is 71.4 Å². The van der Waals surface area contributed by atoms with Gasteiger partial charge in [0, 0.05) is 19.3 Å². The first-order chi connectivity index (χ1) is 5.72. The van der Waals surface area contributed by atoms with Gasteiger partial charge in [0.2, 0.25) is 0 Å². The first-order valence-electron chi connectivity index (χ1n) is 4.05. The zero-order valence-corrected chi connectivity index (χ0v) is 7.08. The maximum Gasteiger partial charge on any atom is 0.307 e. The Kier molecular flexibility index (Phi) is 3.02. The zero-order valence-electron chi connectivity index (χ0n) is 7.08. The van der Waals surface area contributed by atoms with Crippen molar-refractivity contribution in [1.82, 2.24) is 0 Å². The van der Waals surface area contributed by atoms with Crippen molar-refractivity contribution >= 4 is 12.3 Å². The second-order valence-corrected chi connectivity index (χ2v) is 2.93. The van der Waals surface area contributed by atoms with Crippen molar-refractivity contribution in [3.8, 4) is 0 Å². The highest BCUT2D eigenvalue weighted by atomic mass is 16.5. The lowest BCUT2D eigenvalue weighted by Gasteiger charge is -2.15. The summed E-state index contributed by atoms with van der Waals surface area (Å²) in [6, 6.07) is 0. The van der Waals surface area contributed by atoms with E-state index in [0.717, 1.165) is 12.7 Å². The Morgan fingerprint density at radius 1 is 1.75 bits per heavy atom. The molecule has 1 atom stereocenters. The molecule has 3 nitrogen and oxygen atoms in total. The van der Waals surface area contributed by atoms with Gasteiger partial charge in [0.15, 0.2) is 0 Å². The van der Waals surface area contributed by atoms with Crippen LogP contribution in [0.2, 0.25) is 0 Å². The van der Waals surface area contributed by atoms with Gasteiger partial charge in [-0.25, -0.2) is 0 Å². The quantitative estimate of drug-likeness (QED) is 0.462. The molecule has 0 saturated heterocycles. The number of carbonyl (C=O) groups is 2. The Morgan fingerprint density at radius 3 is 2.92 bits per heavy atom. The molecular weight excluding hydrogens is 156 g/mol. The molecule has 12 heavy (non-hydrogen) atoms. The van der Waals surface area contributed by atoms with Crippen molar-refractivity contribution in [3.63, 3.8) is 0 Å². The Morgan fingerprint density at radius 2 is 2.50 bits per heavy atom. The average Bonchev–Trinajstić information content (AvgIpc) is 2.05. The number of rotatable bonds is 2. The summed E-state index contributed by atoms with van der Waals surface area (Å²) in [5.74, 6) is 0.538. The number of ether oxygens (including phenoxy) is 1. The van der Waals surface area contributed by atoms with Gasteiger partial charge in [-0.2, -0.15) is 0 Å². The third-order valence-corrected chi connectivity index (χ3v) is 1.88. The highest BCUT2D eigenvalue weighted by Gasteiger charge is 2.14. The van der Waals surface area contributed by atoms with Crippen LogP contribution >= 0.6 is 0 Å². The van der Waals surface area contributed by atoms with E-state index in [1.54, 1.807) is 0 Å². The Balaban J connectivity index is 2.44. The fraction of sp³-hybridized carbons (Fsp3) is 0.556. The third kappa shape index (κ3) is 2.49. The van der Waals surface area contributed by atoms with Gasteiger partial charge >= 0.3 is 5.97 Å². The molecule has 0 fully saturated rings. The molecule has 66 valence electrons. The third-order valence-electron chi connectivity index (χ3n) is 1.88. The van der Waals surface area contributed by atoms with Gasteiger partial charge in [0.05, 0.1) is 0 Å². The van der Waals surface area contributed by atoms with Gasteiger partial charge < -0.3 is 9.53 Å². The summed E-state index contributed by atoms with van der Waals surface area (Å²) in [7, 11) is 0. The van der Waals surface area contributed by atoms with E-state index in [2.05, 4.69) is 0 Å². The molecule has 0 bridgehead atoms. The lowest BCUT2D eigenvalue weighted by atomic mass is 9.95. The van der Waals surface area contributed by atoms with Gasteiger partial charge in [-0.1, -0.05) is 0 Å². The highest BCUT2D eigenvalue weighted by Crippen LogP contribution is 2.22. The van der Waals surface area contributed by atoms with Gasteiger partial charge in [-0.3, -0.25) is 4.79 Å². The Bertz CT molecular complexity index is 218. The van der Waals surface area contributed by atoms with Crippen LogP contribution in [0.1, 0.15) is 26.2 Å². The average molecular weight is 168 g/mol. The summed E-state index contributed by atoms with van der Waals surface area (Å²) in [6.45, 7) is 1.38. The molecule has 0 unspecified atom stereocenters. The van der Waals surface area contributed by atoms with E-state index in [-0.39, 0.29) is 11.9 Å². The predicted octanol–water partition coefficient (Wildman–Crippen LogP) is 1.43. The molecule has 0 aromatic heterocycles. The number of esters is 1. The number of hydrogen-bond acceptors (Lipinski definition) is 3. The fourth-order valence-electron chi connectivity index (χ4n) is 1.23. The molecule has 0 N–H and O–H groups in total. The van der Waals surface area contributed by atoms with Crippen molar-refractivity contribution < 1.29 is 14.3 Å². The van der Waals surface area contributed by atoms with Crippen molar-refractivity contribution in [1.29, 1.82) is 0 Å². The summed E-state index contributed by atoms with van der Waals surface area (Å²) >= 11 is 0. The van der Waals surface area contributed by atoms with Crippen molar-refractivity contribution in [2.45, 2.75) is 26.2 Å². The summed E-state index contributed by atoms with van der Waals surface area (Å²) < 4.78 is 4.89. The van der Waals surface area contributed by atoms with E-state index in [1.165, 1.54) is 6.92 Å². The van der Waals surface area contributed by atoms with Crippen LogP contribution in [0.5, 0.6) is 0 Å². The SMILES string of the molecule is CC(=O)OC1=CC[C@@H](C=O)CC1. The first kappa shape index (κ1) is 8.97. The van der Waals surface area contributed by atoms with Gasteiger partial charge in [-0.05, 0) is 18.9 Å². The zero-order chi connectivity index (χ0) is 8.97. The summed E-state index contributed by atoms with van der Waals surface area (Å²) in [5.41, 5.74) is 0. The van der Waals surface area contributed by atoms with Gasteiger partial charge in [-0.15, -0.1) is 0 Å². The monoisotopic (exact) mass is 168 g/mol. The number of carbonyl (C=O) groups excluding carboxylic acids is 2. The van der Waals surface area contributed by atoms with E-state index in [4.69, 9.17) is 4.74 Å². The minimum atomic E-state index is -0.286. The molecule has 0 heterocycles. The number of hydrogen-bond donors (Lipinski definition) is 0. The molecule has 0 radical (unpaired) electrons. The van der Waals surface area contributed by atoms with E-state index in [0.29, 0.717) is 18.6 Å².